The minimum absolute atomic E-state index is 0.00361. The first-order valence-corrected chi connectivity index (χ1v) is 12.9. The molecule has 0 unspecified atom stereocenters. The van der Waals surface area contributed by atoms with Gasteiger partial charge in [-0.1, -0.05) is 92.5 Å². The number of para-hydroxylation sites is 2. The Balaban J connectivity index is 1.57. The zero-order valence-electron chi connectivity index (χ0n) is 18.7. The van der Waals surface area contributed by atoms with Crippen molar-refractivity contribution < 1.29 is 9.59 Å². The summed E-state index contributed by atoms with van der Waals surface area (Å²) in [5.41, 5.74) is 3.91. The quantitative estimate of drug-likeness (QED) is 0.142. The first kappa shape index (κ1) is 23.6. The van der Waals surface area contributed by atoms with Crippen LogP contribution in [0.2, 0.25) is 0 Å². The Kier molecular flexibility index (Phi) is 6.89. The lowest BCUT2D eigenvalue weighted by Gasteiger charge is -2.18. The van der Waals surface area contributed by atoms with Gasteiger partial charge in [-0.2, -0.15) is 0 Å². The van der Waals surface area contributed by atoms with Gasteiger partial charge in [0.05, 0.1) is 11.0 Å². The van der Waals surface area contributed by atoms with Gasteiger partial charge in [0.2, 0.25) is 0 Å². The molecule has 0 saturated heterocycles. The number of pyridine rings is 1. The lowest BCUT2D eigenvalue weighted by atomic mass is 9.85. The standard InChI is InChI=1S/C30H21Br2NO2/c31-24-12-8-19(9-13-24)28(34)17-23(18-29(35)20-10-14-25(32)15-11-20)26-6-3-5-22-16-21-4-1-2-7-27(21)33-30(22)26/h1-16,23H,17-18H2. The number of halogens is 2. The van der Waals surface area contributed by atoms with Gasteiger partial charge in [-0.25, -0.2) is 4.98 Å². The van der Waals surface area contributed by atoms with Crippen molar-refractivity contribution in [1.82, 2.24) is 4.98 Å². The number of carbonyl (C=O) groups excluding carboxylic acids is 2. The van der Waals surface area contributed by atoms with Crippen LogP contribution in [0.25, 0.3) is 21.8 Å². The van der Waals surface area contributed by atoms with Crippen molar-refractivity contribution in [2.45, 2.75) is 18.8 Å². The predicted octanol–water partition coefficient (Wildman–Crippen LogP) is 8.54. The SMILES string of the molecule is O=C(CC(CC(=O)c1ccc(Br)cc1)c1cccc2cc3ccccc3nc12)c1ccc(Br)cc1. The van der Waals surface area contributed by atoms with E-state index in [0.717, 1.165) is 36.3 Å². The van der Waals surface area contributed by atoms with Crippen LogP contribution < -0.4 is 0 Å². The van der Waals surface area contributed by atoms with E-state index in [1.165, 1.54) is 0 Å². The molecule has 5 rings (SSSR count). The second kappa shape index (κ2) is 10.2. The fourth-order valence-electron chi connectivity index (χ4n) is 4.40. The highest BCUT2D eigenvalue weighted by molar-refractivity contribution is 9.10. The summed E-state index contributed by atoms with van der Waals surface area (Å²) in [5, 5.41) is 2.06. The minimum Gasteiger partial charge on any atom is -0.294 e. The van der Waals surface area contributed by atoms with Gasteiger partial charge in [0.15, 0.2) is 11.6 Å². The Hall–Kier alpha value is -3.15. The van der Waals surface area contributed by atoms with E-state index in [9.17, 15) is 9.59 Å². The molecule has 172 valence electrons. The van der Waals surface area contributed by atoms with Crippen LogP contribution >= 0.6 is 31.9 Å². The number of Topliss-reactive ketones (excluding diaryl/α,β-unsaturated/α-hetero) is 2. The molecule has 0 fully saturated rings. The molecule has 5 aromatic rings. The van der Waals surface area contributed by atoms with Crippen molar-refractivity contribution in [1.29, 1.82) is 0 Å². The van der Waals surface area contributed by atoms with Crippen molar-refractivity contribution in [2.24, 2.45) is 0 Å². The molecule has 1 heterocycles. The Morgan fingerprint density at radius 2 is 1.20 bits per heavy atom. The number of nitrogens with zero attached hydrogens (tertiary/aromatic N) is 1. The molecule has 0 aliphatic rings. The Morgan fingerprint density at radius 1 is 0.657 bits per heavy atom. The molecule has 1 aromatic heterocycles. The minimum atomic E-state index is -0.306. The molecular formula is C30H21Br2NO2. The molecule has 0 spiro atoms. The highest BCUT2D eigenvalue weighted by atomic mass is 79.9. The topological polar surface area (TPSA) is 47.0 Å². The highest BCUT2D eigenvalue weighted by Crippen LogP contribution is 2.33. The molecular weight excluding hydrogens is 566 g/mol. The van der Waals surface area contributed by atoms with Crippen LogP contribution in [0.4, 0.5) is 0 Å². The number of hydrogen-bond acceptors (Lipinski definition) is 3. The van der Waals surface area contributed by atoms with Crippen LogP contribution in [-0.4, -0.2) is 16.6 Å². The summed E-state index contributed by atoms with van der Waals surface area (Å²) >= 11 is 6.85. The highest BCUT2D eigenvalue weighted by Gasteiger charge is 2.24. The van der Waals surface area contributed by atoms with Crippen molar-refractivity contribution in [3.05, 3.63) is 123 Å². The van der Waals surface area contributed by atoms with Crippen molar-refractivity contribution in [3.63, 3.8) is 0 Å². The van der Waals surface area contributed by atoms with Crippen LogP contribution in [0, 0.1) is 0 Å². The Labute approximate surface area is 220 Å². The van der Waals surface area contributed by atoms with Gasteiger partial charge >= 0.3 is 0 Å². The maximum Gasteiger partial charge on any atom is 0.163 e. The Morgan fingerprint density at radius 3 is 1.80 bits per heavy atom. The number of hydrogen-bond donors (Lipinski definition) is 0. The van der Waals surface area contributed by atoms with Crippen LogP contribution in [0.3, 0.4) is 0 Å². The lowest BCUT2D eigenvalue weighted by Crippen LogP contribution is -2.13. The third-order valence-corrected chi connectivity index (χ3v) is 7.27. The van der Waals surface area contributed by atoms with Crippen LogP contribution in [0.1, 0.15) is 45.0 Å². The molecule has 0 aliphatic carbocycles. The predicted molar refractivity (Wildman–Crippen MR) is 148 cm³/mol. The van der Waals surface area contributed by atoms with Crippen molar-refractivity contribution >= 4 is 65.2 Å². The second-order valence-electron chi connectivity index (χ2n) is 8.57. The summed E-state index contributed by atoms with van der Waals surface area (Å²) in [7, 11) is 0. The lowest BCUT2D eigenvalue weighted by molar-refractivity contribution is 0.0945. The molecule has 0 atom stereocenters. The summed E-state index contributed by atoms with van der Waals surface area (Å²) in [4.78, 5) is 31.5. The van der Waals surface area contributed by atoms with Crippen molar-refractivity contribution in [3.8, 4) is 0 Å². The van der Waals surface area contributed by atoms with Gasteiger partial charge in [-0.3, -0.25) is 9.59 Å². The average Bonchev–Trinajstić information content (AvgIpc) is 2.87. The zero-order chi connectivity index (χ0) is 24.4. The van der Waals surface area contributed by atoms with Crippen LogP contribution in [0.5, 0.6) is 0 Å². The number of rotatable bonds is 7. The fourth-order valence-corrected chi connectivity index (χ4v) is 4.93. The van der Waals surface area contributed by atoms with E-state index in [2.05, 4.69) is 37.9 Å². The fraction of sp³-hybridized carbons (Fsp3) is 0.100. The molecule has 0 bridgehead atoms. The summed E-state index contributed by atoms with van der Waals surface area (Å²) in [5.74, 6) is -0.299. The molecule has 35 heavy (non-hydrogen) atoms. The molecule has 5 heteroatoms. The van der Waals surface area contributed by atoms with E-state index in [-0.39, 0.29) is 30.3 Å². The third kappa shape index (κ3) is 5.26. The van der Waals surface area contributed by atoms with E-state index in [0.29, 0.717) is 11.1 Å². The molecule has 0 aliphatic heterocycles. The smallest absolute Gasteiger partial charge is 0.163 e. The van der Waals surface area contributed by atoms with E-state index in [4.69, 9.17) is 4.98 Å². The summed E-state index contributed by atoms with van der Waals surface area (Å²) in [6, 6.07) is 30.8. The average molecular weight is 587 g/mol. The van der Waals surface area contributed by atoms with Gasteiger partial charge in [0, 0.05) is 49.6 Å². The summed E-state index contributed by atoms with van der Waals surface area (Å²) < 4.78 is 1.84. The van der Waals surface area contributed by atoms with Gasteiger partial charge in [-0.15, -0.1) is 0 Å². The molecule has 0 saturated carbocycles. The summed E-state index contributed by atoms with van der Waals surface area (Å²) in [6.07, 6.45) is 0.440. The number of fused-ring (bicyclic) bond motifs is 2. The molecule has 3 nitrogen and oxygen atoms in total. The van der Waals surface area contributed by atoms with Crippen molar-refractivity contribution in [2.75, 3.05) is 0 Å². The monoisotopic (exact) mass is 585 g/mol. The van der Waals surface area contributed by atoms with E-state index in [1.807, 2.05) is 91.0 Å². The van der Waals surface area contributed by atoms with Crippen LogP contribution in [-0.2, 0) is 0 Å². The summed E-state index contributed by atoms with van der Waals surface area (Å²) in [6.45, 7) is 0. The first-order valence-electron chi connectivity index (χ1n) is 11.3. The number of benzene rings is 4. The van der Waals surface area contributed by atoms with Gasteiger partial charge < -0.3 is 0 Å². The Bertz CT molecular complexity index is 1480. The number of carbonyl (C=O) groups is 2. The van der Waals surface area contributed by atoms with Gasteiger partial charge in [0.1, 0.15) is 0 Å². The van der Waals surface area contributed by atoms with Crippen LogP contribution in [0.15, 0.2) is 106 Å². The molecule has 0 radical (unpaired) electrons. The normalized spacial score (nSPS) is 11.3. The first-order chi connectivity index (χ1) is 17.0. The maximum atomic E-state index is 13.3. The second-order valence-corrected chi connectivity index (χ2v) is 10.4. The molecule has 0 amide bonds. The third-order valence-electron chi connectivity index (χ3n) is 6.21. The van der Waals surface area contributed by atoms with Gasteiger partial charge in [-0.05, 0) is 42.0 Å². The van der Waals surface area contributed by atoms with E-state index >= 15 is 0 Å². The number of ketones is 2. The van der Waals surface area contributed by atoms with E-state index in [1.54, 1.807) is 0 Å². The van der Waals surface area contributed by atoms with E-state index < -0.39 is 0 Å². The largest absolute Gasteiger partial charge is 0.294 e. The zero-order valence-corrected chi connectivity index (χ0v) is 21.9. The van der Waals surface area contributed by atoms with Gasteiger partial charge in [0.25, 0.3) is 0 Å². The maximum absolute atomic E-state index is 13.3. The molecule has 0 N–H and O–H groups in total. The molecule has 4 aromatic carbocycles. The number of aromatic nitrogens is 1.